The van der Waals surface area contributed by atoms with Gasteiger partial charge in [-0.25, -0.2) is 0 Å². The average Bonchev–Trinajstić information content (AvgIpc) is 3.09. The van der Waals surface area contributed by atoms with E-state index in [4.69, 9.17) is 11.6 Å². The number of nitrogens with zero attached hydrogens (tertiary/aromatic N) is 3. The van der Waals surface area contributed by atoms with Crippen LogP contribution in [0.25, 0.3) is 10.2 Å². The largest absolute Gasteiger partial charge is 0.313 e. The number of fused-ring (bicyclic) bond motifs is 2. The number of thioether (sulfide) groups is 1. The smallest absolute Gasteiger partial charge is 0.258 e. The Kier molecular flexibility index (Phi) is 6.95. The van der Waals surface area contributed by atoms with Gasteiger partial charge in [-0.2, -0.15) is 4.99 Å². The second kappa shape index (κ2) is 9.85. The van der Waals surface area contributed by atoms with Crippen molar-refractivity contribution in [3.8, 4) is 0 Å². The Morgan fingerprint density at radius 1 is 1.23 bits per heavy atom. The lowest BCUT2D eigenvalue weighted by Gasteiger charge is -2.29. The number of para-hydroxylation sites is 1. The Morgan fingerprint density at radius 3 is 2.90 bits per heavy atom. The number of allylic oxidation sites excluding steroid dienone is 1. The normalized spacial score (nSPS) is 14.0. The first kappa shape index (κ1) is 21.9. The average molecular weight is 472 g/mol. The van der Waals surface area contributed by atoms with Crippen molar-refractivity contribution in [2.45, 2.75) is 19.4 Å². The molecule has 0 saturated heterocycles. The van der Waals surface area contributed by atoms with E-state index in [1.807, 2.05) is 45.9 Å². The molecular formula is C23H22ClN3O2S2. The molecule has 3 aromatic rings. The van der Waals surface area contributed by atoms with Gasteiger partial charge < -0.3 is 9.47 Å². The summed E-state index contributed by atoms with van der Waals surface area (Å²) in [7, 11) is 0. The van der Waals surface area contributed by atoms with Crippen molar-refractivity contribution in [1.29, 1.82) is 0 Å². The summed E-state index contributed by atoms with van der Waals surface area (Å²) in [5.74, 6) is 0.185. The van der Waals surface area contributed by atoms with E-state index in [1.54, 1.807) is 6.08 Å². The predicted octanol–water partition coefficient (Wildman–Crippen LogP) is 4.68. The SMILES string of the molecule is C=CCn1c(=NC(=O)CSCC(=O)N2CCCc3ccccc32)sc2cc(Cl)ccc21. The molecule has 160 valence electrons. The fourth-order valence-corrected chi connectivity index (χ4v) is 5.68. The maximum atomic E-state index is 12.7. The highest BCUT2D eigenvalue weighted by Crippen LogP contribution is 2.27. The van der Waals surface area contributed by atoms with E-state index in [-0.39, 0.29) is 23.3 Å². The van der Waals surface area contributed by atoms with Crippen molar-refractivity contribution in [3.63, 3.8) is 0 Å². The van der Waals surface area contributed by atoms with E-state index >= 15 is 0 Å². The molecule has 5 nitrogen and oxygen atoms in total. The van der Waals surface area contributed by atoms with E-state index in [0.717, 1.165) is 35.3 Å². The highest BCUT2D eigenvalue weighted by molar-refractivity contribution is 8.00. The zero-order valence-electron chi connectivity index (χ0n) is 16.9. The third-order valence-electron chi connectivity index (χ3n) is 5.04. The number of halogens is 1. The summed E-state index contributed by atoms with van der Waals surface area (Å²) in [6, 6.07) is 13.6. The zero-order chi connectivity index (χ0) is 21.8. The Labute approximate surface area is 194 Å². The molecular weight excluding hydrogens is 450 g/mol. The molecule has 31 heavy (non-hydrogen) atoms. The molecule has 0 saturated carbocycles. The number of anilines is 1. The van der Waals surface area contributed by atoms with Gasteiger partial charge in [0.05, 0.1) is 21.7 Å². The van der Waals surface area contributed by atoms with Crippen LogP contribution >= 0.6 is 34.7 Å². The highest BCUT2D eigenvalue weighted by atomic mass is 35.5. The summed E-state index contributed by atoms with van der Waals surface area (Å²) in [5.41, 5.74) is 3.16. The standard InChI is InChI=1S/C23H22ClN3O2S2/c1-2-11-27-19-10-9-17(24)13-20(19)31-23(27)25-21(28)14-30-15-22(29)26-12-5-7-16-6-3-4-8-18(16)26/h2-4,6,8-10,13H,1,5,7,11-12,14-15H2. The maximum Gasteiger partial charge on any atom is 0.258 e. The van der Waals surface area contributed by atoms with E-state index < -0.39 is 0 Å². The number of aryl methyl sites for hydroxylation is 1. The van der Waals surface area contributed by atoms with Crippen LogP contribution in [0.1, 0.15) is 12.0 Å². The maximum absolute atomic E-state index is 12.7. The zero-order valence-corrected chi connectivity index (χ0v) is 19.3. The molecule has 2 heterocycles. The molecule has 1 aliphatic rings. The second-order valence-corrected chi connectivity index (χ2v) is 9.60. The van der Waals surface area contributed by atoms with Gasteiger partial charge in [0.2, 0.25) is 5.91 Å². The van der Waals surface area contributed by atoms with Crippen LogP contribution in [0.4, 0.5) is 5.69 Å². The molecule has 0 fully saturated rings. The van der Waals surface area contributed by atoms with Gasteiger partial charge in [0, 0.05) is 23.8 Å². The Morgan fingerprint density at radius 2 is 2.06 bits per heavy atom. The lowest BCUT2D eigenvalue weighted by Crippen LogP contribution is -2.36. The van der Waals surface area contributed by atoms with E-state index in [1.165, 1.54) is 28.7 Å². The topological polar surface area (TPSA) is 54.7 Å². The van der Waals surface area contributed by atoms with Gasteiger partial charge >= 0.3 is 0 Å². The van der Waals surface area contributed by atoms with Crippen molar-refractivity contribution in [2.24, 2.45) is 4.99 Å². The fraction of sp³-hybridized carbons (Fsp3) is 0.261. The molecule has 1 aliphatic heterocycles. The molecule has 2 aromatic carbocycles. The lowest BCUT2D eigenvalue weighted by molar-refractivity contribution is -0.116. The monoisotopic (exact) mass is 471 g/mol. The minimum Gasteiger partial charge on any atom is -0.313 e. The first-order chi connectivity index (χ1) is 15.1. The Bertz CT molecular complexity index is 1210. The van der Waals surface area contributed by atoms with Gasteiger partial charge in [-0.3, -0.25) is 9.59 Å². The first-order valence-corrected chi connectivity index (χ1v) is 12.3. The fourth-order valence-electron chi connectivity index (χ4n) is 3.67. The number of rotatable bonds is 6. The Balaban J connectivity index is 1.43. The van der Waals surface area contributed by atoms with Crippen molar-refractivity contribution in [1.82, 2.24) is 4.57 Å². The summed E-state index contributed by atoms with van der Waals surface area (Å²) >= 11 is 8.82. The van der Waals surface area contributed by atoms with Crippen LogP contribution in [0.5, 0.6) is 0 Å². The number of thiazole rings is 1. The molecule has 0 bridgehead atoms. The molecule has 0 N–H and O–H groups in total. The van der Waals surface area contributed by atoms with Gasteiger partial charge in [-0.05, 0) is 42.7 Å². The minimum atomic E-state index is -0.257. The van der Waals surface area contributed by atoms with Gasteiger partial charge in [0.25, 0.3) is 5.91 Å². The molecule has 0 aliphatic carbocycles. The molecule has 4 rings (SSSR count). The minimum absolute atomic E-state index is 0.0307. The third-order valence-corrected chi connectivity index (χ3v) is 7.22. The summed E-state index contributed by atoms with van der Waals surface area (Å²) in [6.45, 7) is 5.07. The van der Waals surface area contributed by atoms with Crippen molar-refractivity contribution in [2.75, 3.05) is 23.0 Å². The third kappa shape index (κ3) is 4.95. The molecule has 0 spiro atoms. The number of aromatic nitrogens is 1. The van der Waals surface area contributed by atoms with Crippen molar-refractivity contribution < 1.29 is 9.59 Å². The van der Waals surface area contributed by atoms with Crippen LogP contribution in [0.2, 0.25) is 5.02 Å². The molecule has 1 aromatic heterocycles. The van der Waals surface area contributed by atoms with Gasteiger partial charge in [-0.1, -0.05) is 47.2 Å². The summed E-state index contributed by atoms with van der Waals surface area (Å²) in [5, 5.41) is 0.644. The van der Waals surface area contributed by atoms with Crippen LogP contribution in [-0.2, 0) is 22.6 Å². The predicted molar refractivity (Wildman–Crippen MR) is 130 cm³/mol. The number of carbonyl (C=O) groups excluding carboxylic acids is 2. The molecule has 0 radical (unpaired) electrons. The van der Waals surface area contributed by atoms with E-state index in [0.29, 0.717) is 16.4 Å². The molecule has 8 heteroatoms. The number of carbonyl (C=O) groups is 2. The van der Waals surface area contributed by atoms with Gasteiger partial charge in [0.15, 0.2) is 4.80 Å². The highest BCUT2D eigenvalue weighted by Gasteiger charge is 2.22. The van der Waals surface area contributed by atoms with Crippen LogP contribution < -0.4 is 9.70 Å². The Hall–Kier alpha value is -2.35. The van der Waals surface area contributed by atoms with Crippen LogP contribution in [0.15, 0.2) is 60.1 Å². The number of amides is 2. The van der Waals surface area contributed by atoms with Gasteiger partial charge in [-0.15, -0.1) is 18.3 Å². The van der Waals surface area contributed by atoms with Gasteiger partial charge in [0.1, 0.15) is 0 Å². The van der Waals surface area contributed by atoms with Crippen LogP contribution in [0, 0.1) is 0 Å². The van der Waals surface area contributed by atoms with Crippen molar-refractivity contribution in [3.05, 3.63) is 70.5 Å². The quantitative estimate of drug-likeness (QED) is 0.490. The number of hydrogen-bond donors (Lipinski definition) is 0. The molecule has 2 amide bonds. The van der Waals surface area contributed by atoms with E-state index in [9.17, 15) is 9.59 Å². The van der Waals surface area contributed by atoms with Crippen molar-refractivity contribution >= 4 is 62.4 Å². The lowest BCUT2D eigenvalue weighted by atomic mass is 10.0. The second-order valence-electron chi connectivity index (χ2n) is 7.17. The summed E-state index contributed by atoms with van der Waals surface area (Å²) < 4.78 is 2.91. The summed E-state index contributed by atoms with van der Waals surface area (Å²) in [6.07, 6.45) is 3.73. The number of benzene rings is 2. The van der Waals surface area contributed by atoms with E-state index in [2.05, 4.69) is 17.6 Å². The molecule has 0 atom stereocenters. The van der Waals surface area contributed by atoms with Crippen LogP contribution in [-0.4, -0.2) is 34.4 Å². The van der Waals surface area contributed by atoms with Crippen LogP contribution in [0.3, 0.4) is 0 Å². The first-order valence-electron chi connectivity index (χ1n) is 10.00. The summed E-state index contributed by atoms with van der Waals surface area (Å²) in [4.78, 5) is 32.0. The molecule has 0 unspecified atom stereocenters. The number of hydrogen-bond acceptors (Lipinski definition) is 4.